The number of aryl methyl sites for hydroxylation is 1. The van der Waals surface area contributed by atoms with E-state index in [4.69, 9.17) is 16.1 Å². The number of hydrogen-bond donors (Lipinski definition) is 0. The lowest BCUT2D eigenvalue weighted by Gasteiger charge is -2.04. The number of rotatable bonds is 2. The molecule has 0 N–H and O–H groups in total. The second-order valence-corrected chi connectivity index (χ2v) is 3.49. The van der Waals surface area contributed by atoms with Crippen LogP contribution in [0.1, 0.15) is 22.4 Å². The van der Waals surface area contributed by atoms with Crippen molar-refractivity contribution in [3.63, 3.8) is 0 Å². The molecule has 4 heteroatoms. The number of benzene rings is 1. The third kappa shape index (κ3) is 1.77. The topological polar surface area (TPSA) is 38.9 Å². The molecule has 0 amide bonds. The molecular weight excluding hydrogens is 200 g/mol. The Balaban J connectivity index is 2.32. The van der Waals surface area contributed by atoms with Crippen LogP contribution in [0.4, 0.5) is 0 Å². The maximum absolute atomic E-state index is 6.15. The molecule has 72 valence electrons. The number of nitrogens with zero attached hydrogens (tertiary/aromatic N) is 2. The number of halogens is 1. The fraction of sp³-hybridized carbons (Fsp3) is 0.200. The van der Waals surface area contributed by atoms with Crippen molar-refractivity contribution in [2.45, 2.75) is 12.3 Å². The first kappa shape index (κ1) is 9.21. The standard InChI is InChI=1S/C10H9ClN2O/c1-7-3-2-4-8(5-7)9(11)10-12-6-13-14-10/h2-6,9H,1H3. The molecule has 0 aliphatic rings. The molecule has 1 atom stereocenters. The first-order chi connectivity index (χ1) is 6.77. The van der Waals surface area contributed by atoms with Gasteiger partial charge in [0.2, 0.25) is 5.89 Å². The van der Waals surface area contributed by atoms with Crippen LogP contribution < -0.4 is 0 Å². The summed E-state index contributed by atoms with van der Waals surface area (Å²) in [5.74, 6) is 0.428. The molecule has 0 bridgehead atoms. The summed E-state index contributed by atoms with van der Waals surface area (Å²) in [6.07, 6.45) is 1.35. The molecular formula is C10H9ClN2O. The SMILES string of the molecule is Cc1cccc(C(Cl)c2ncno2)c1. The van der Waals surface area contributed by atoms with E-state index < -0.39 is 0 Å². The van der Waals surface area contributed by atoms with E-state index in [2.05, 4.69) is 10.1 Å². The Bertz CT molecular complexity index is 414. The van der Waals surface area contributed by atoms with Crippen molar-refractivity contribution in [3.05, 3.63) is 47.6 Å². The monoisotopic (exact) mass is 208 g/mol. The van der Waals surface area contributed by atoms with Crippen LogP contribution >= 0.6 is 11.6 Å². The molecule has 14 heavy (non-hydrogen) atoms. The van der Waals surface area contributed by atoms with E-state index >= 15 is 0 Å². The predicted molar refractivity (Wildman–Crippen MR) is 53.2 cm³/mol. The Labute approximate surface area is 86.7 Å². The van der Waals surface area contributed by atoms with E-state index in [9.17, 15) is 0 Å². The third-order valence-electron chi connectivity index (χ3n) is 1.93. The zero-order valence-electron chi connectivity index (χ0n) is 7.64. The van der Waals surface area contributed by atoms with Gasteiger partial charge in [-0.1, -0.05) is 35.0 Å². The molecule has 0 aliphatic carbocycles. The fourth-order valence-electron chi connectivity index (χ4n) is 1.26. The van der Waals surface area contributed by atoms with E-state index in [-0.39, 0.29) is 5.38 Å². The third-order valence-corrected chi connectivity index (χ3v) is 2.37. The molecule has 1 heterocycles. The van der Waals surface area contributed by atoms with Crippen LogP contribution in [0.5, 0.6) is 0 Å². The highest BCUT2D eigenvalue weighted by Crippen LogP contribution is 2.26. The summed E-state index contributed by atoms with van der Waals surface area (Å²) in [5.41, 5.74) is 2.13. The molecule has 0 saturated carbocycles. The van der Waals surface area contributed by atoms with E-state index in [1.165, 1.54) is 6.33 Å². The van der Waals surface area contributed by atoms with E-state index in [1.807, 2.05) is 31.2 Å². The largest absolute Gasteiger partial charge is 0.338 e. The molecule has 3 nitrogen and oxygen atoms in total. The van der Waals surface area contributed by atoms with Gasteiger partial charge in [-0.2, -0.15) is 4.98 Å². The lowest BCUT2D eigenvalue weighted by atomic mass is 10.1. The summed E-state index contributed by atoms with van der Waals surface area (Å²) >= 11 is 6.15. The van der Waals surface area contributed by atoms with Gasteiger partial charge in [-0.15, -0.1) is 11.6 Å². The van der Waals surface area contributed by atoms with Gasteiger partial charge in [-0.25, -0.2) is 0 Å². The van der Waals surface area contributed by atoms with Gasteiger partial charge in [-0.3, -0.25) is 0 Å². The van der Waals surface area contributed by atoms with Gasteiger partial charge in [0, 0.05) is 0 Å². The molecule has 2 aromatic rings. The highest BCUT2D eigenvalue weighted by Gasteiger charge is 2.15. The Morgan fingerprint density at radius 3 is 2.93 bits per heavy atom. The Morgan fingerprint density at radius 2 is 2.29 bits per heavy atom. The van der Waals surface area contributed by atoms with Crippen LogP contribution in [0.25, 0.3) is 0 Å². The number of alkyl halides is 1. The smallest absolute Gasteiger partial charge is 0.248 e. The van der Waals surface area contributed by atoms with Crippen molar-refractivity contribution in [3.8, 4) is 0 Å². The molecule has 0 saturated heterocycles. The molecule has 1 unspecified atom stereocenters. The summed E-state index contributed by atoms with van der Waals surface area (Å²) in [5, 5.41) is 3.16. The van der Waals surface area contributed by atoms with Crippen LogP contribution in [0.3, 0.4) is 0 Å². The van der Waals surface area contributed by atoms with Crippen molar-refractivity contribution >= 4 is 11.6 Å². The lowest BCUT2D eigenvalue weighted by Crippen LogP contribution is -1.93. The van der Waals surface area contributed by atoms with Crippen LogP contribution in [0.2, 0.25) is 0 Å². The second-order valence-electron chi connectivity index (χ2n) is 3.06. The zero-order chi connectivity index (χ0) is 9.97. The molecule has 0 fully saturated rings. The van der Waals surface area contributed by atoms with Crippen LogP contribution in [0.15, 0.2) is 35.1 Å². The summed E-state index contributed by atoms with van der Waals surface area (Å²) in [6, 6.07) is 7.91. The Hall–Kier alpha value is -1.35. The summed E-state index contributed by atoms with van der Waals surface area (Å²) < 4.78 is 4.90. The maximum Gasteiger partial charge on any atom is 0.248 e. The highest BCUT2D eigenvalue weighted by atomic mass is 35.5. The summed E-state index contributed by atoms with van der Waals surface area (Å²) in [6.45, 7) is 2.01. The predicted octanol–water partition coefficient (Wildman–Crippen LogP) is 2.71. The fourth-order valence-corrected chi connectivity index (χ4v) is 1.50. The second kappa shape index (κ2) is 3.80. The van der Waals surface area contributed by atoms with Gasteiger partial charge in [-0.05, 0) is 12.5 Å². The van der Waals surface area contributed by atoms with E-state index in [0.29, 0.717) is 5.89 Å². The average molecular weight is 209 g/mol. The first-order valence-corrected chi connectivity index (χ1v) is 4.68. The minimum absolute atomic E-state index is 0.364. The molecule has 1 aromatic carbocycles. The maximum atomic E-state index is 6.15. The number of hydrogen-bond acceptors (Lipinski definition) is 3. The molecule has 0 spiro atoms. The van der Waals surface area contributed by atoms with Crippen molar-refractivity contribution in [1.82, 2.24) is 10.1 Å². The Morgan fingerprint density at radius 1 is 1.43 bits per heavy atom. The van der Waals surface area contributed by atoms with Crippen molar-refractivity contribution in [1.29, 1.82) is 0 Å². The van der Waals surface area contributed by atoms with E-state index in [1.54, 1.807) is 0 Å². The number of aromatic nitrogens is 2. The van der Waals surface area contributed by atoms with Crippen LogP contribution in [0, 0.1) is 6.92 Å². The average Bonchev–Trinajstić information content (AvgIpc) is 2.69. The molecule has 0 aliphatic heterocycles. The molecule has 1 aromatic heterocycles. The van der Waals surface area contributed by atoms with Gasteiger partial charge >= 0.3 is 0 Å². The van der Waals surface area contributed by atoms with E-state index in [0.717, 1.165) is 11.1 Å². The Kier molecular flexibility index (Phi) is 2.50. The van der Waals surface area contributed by atoms with Crippen LogP contribution in [-0.2, 0) is 0 Å². The minimum Gasteiger partial charge on any atom is -0.338 e. The minimum atomic E-state index is -0.364. The first-order valence-electron chi connectivity index (χ1n) is 4.24. The van der Waals surface area contributed by atoms with Gasteiger partial charge in [0.05, 0.1) is 0 Å². The molecule has 0 radical (unpaired) electrons. The highest BCUT2D eigenvalue weighted by molar-refractivity contribution is 6.22. The van der Waals surface area contributed by atoms with Crippen molar-refractivity contribution in [2.75, 3.05) is 0 Å². The molecule has 2 rings (SSSR count). The van der Waals surface area contributed by atoms with Crippen LogP contribution in [-0.4, -0.2) is 10.1 Å². The van der Waals surface area contributed by atoms with Crippen molar-refractivity contribution in [2.24, 2.45) is 0 Å². The zero-order valence-corrected chi connectivity index (χ0v) is 8.40. The quantitative estimate of drug-likeness (QED) is 0.713. The lowest BCUT2D eigenvalue weighted by molar-refractivity contribution is 0.381. The van der Waals surface area contributed by atoms with Gasteiger partial charge in [0.25, 0.3) is 0 Å². The normalized spacial score (nSPS) is 12.7. The van der Waals surface area contributed by atoms with Gasteiger partial charge in [0.15, 0.2) is 6.33 Å². The summed E-state index contributed by atoms with van der Waals surface area (Å²) in [4.78, 5) is 3.91. The summed E-state index contributed by atoms with van der Waals surface area (Å²) in [7, 11) is 0. The van der Waals surface area contributed by atoms with Gasteiger partial charge < -0.3 is 4.52 Å². The van der Waals surface area contributed by atoms with Crippen molar-refractivity contribution < 1.29 is 4.52 Å². The van der Waals surface area contributed by atoms with Gasteiger partial charge in [0.1, 0.15) is 5.38 Å².